The summed E-state index contributed by atoms with van der Waals surface area (Å²) in [5, 5.41) is 6.47. The molecule has 0 unspecified atom stereocenters. The summed E-state index contributed by atoms with van der Waals surface area (Å²) in [6.07, 6.45) is 2.54. The molecule has 0 amide bonds. The van der Waals surface area contributed by atoms with E-state index in [0.29, 0.717) is 28.8 Å². The Morgan fingerprint density at radius 2 is 1.72 bits per heavy atom. The second-order valence-electron chi connectivity index (χ2n) is 8.21. The molecule has 3 aromatic rings. The van der Waals surface area contributed by atoms with Gasteiger partial charge in [-0.1, -0.05) is 30.7 Å². The molecule has 0 atom stereocenters. The van der Waals surface area contributed by atoms with Crippen LogP contribution in [-0.2, 0) is 10.0 Å². The minimum Gasteiger partial charge on any atom is -0.479 e. The van der Waals surface area contributed by atoms with Crippen LogP contribution in [-0.4, -0.2) is 74.4 Å². The van der Waals surface area contributed by atoms with Crippen molar-refractivity contribution in [3.63, 3.8) is 0 Å². The van der Waals surface area contributed by atoms with Gasteiger partial charge in [-0.3, -0.25) is 4.72 Å². The third-order valence-electron chi connectivity index (χ3n) is 5.65. The molecule has 0 bridgehead atoms. The Hall–Kier alpha value is -3.35. The highest BCUT2D eigenvalue weighted by molar-refractivity contribution is 7.92. The average Bonchev–Trinajstić information content (AvgIpc) is 2.86. The second-order valence-corrected chi connectivity index (χ2v) is 10.4. The number of nitrogens with one attached hydrogen (secondary N) is 3. The molecule has 4 rings (SSSR count). The normalized spacial score (nSPS) is 14.4. The van der Waals surface area contributed by atoms with E-state index in [0.717, 1.165) is 44.8 Å². The quantitative estimate of drug-likeness (QED) is 0.377. The van der Waals surface area contributed by atoms with Crippen molar-refractivity contribution in [2.24, 2.45) is 0 Å². The van der Waals surface area contributed by atoms with E-state index in [1.54, 1.807) is 31.4 Å². The summed E-state index contributed by atoms with van der Waals surface area (Å²) in [6, 6.07) is 10.7. The van der Waals surface area contributed by atoms with Crippen molar-refractivity contribution in [2.75, 3.05) is 66.3 Å². The van der Waals surface area contributed by atoms with Gasteiger partial charge in [0.05, 0.1) is 30.9 Å². The molecule has 36 heavy (non-hydrogen) atoms. The molecule has 0 spiro atoms. The van der Waals surface area contributed by atoms with Gasteiger partial charge in [-0.25, -0.2) is 13.4 Å². The van der Waals surface area contributed by atoms with Gasteiger partial charge >= 0.3 is 0 Å². The molecule has 1 saturated heterocycles. The van der Waals surface area contributed by atoms with Crippen molar-refractivity contribution in [3.05, 3.63) is 47.6 Å². The summed E-state index contributed by atoms with van der Waals surface area (Å²) in [6.45, 7) is 7.02. The van der Waals surface area contributed by atoms with Crippen molar-refractivity contribution < 1.29 is 13.2 Å². The van der Waals surface area contributed by atoms with Crippen LogP contribution in [0.5, 0.6) is 5.88 Å². The summed E-state index contributed by atoms with van der Waals surface area (Å²) < 4.78 is 31.4. The van der Waals surface area contributed by atoms with Crippen LogP contribution < -0.4 is 25.0 Å². The first-order valence-corrected chi connectivity index (χ1v) is 13.7. The average molecular weight is 533 g/mol. The number of hydrogen-bond donors (Lipinski definition) is 3. The number of rotatable bonds is 9. The van der Waals surface area contributed by atoms with Gasteiger partial charge in [-0.2, -0.15) is 9.97 Å². The van der Waals surface area contributed by atoms with E-state index in [9.17, 15) is 8.42 Å². The first-order chi connectivity index (χ1) is 17.3. The highest BCUT2D eigenvalue weighted by Gasteiger charge is 2.19. The van der Waals surface area contributed by atoms with Crippen molar-refractivity contribution in [2.45, 2.75) is 6.92 Å². The molecule has 13 heteroatoms. The topological polar surface area (TPSA) is 125 Å². The van der Waals surface area contributed by atoms with Crippen LogP contribution in [0.3, 0.4) is 0 Å². The van der Waals surface area contributed by atoms with Crippen LogP contribution in [0.25, 0.3) is 0 Å². The molecule has 0 radical (unpaired) electrons. The number of sulfonamides is 1. The minimum atomic E-state index is -3.47. The lowest BCUT2D eigenvalue weighted by atomic mass is 10.2. The van der Waals surface area contributed by atoms with Crippen molar-refractivity contribution in [1.82, 2.24) is 19.9 Å². The van der Waals surface area contributed by atoms with E-state index in [4.69, 9.17) is 16.3 Å². The molecule has 3 heterocycles. The number of nitrogens with zero attached hydrogens (tertiary/aromatic N) is 5. The molecule has 1 aromatic carbocycles. The standard InChI is InChI=1S/C23H29ClN8O3S/c1-4-31-11-13-32(14-12-31)20-10-9-19(22(28-20)35-2)27-23-25-15-16(24)21(29-23)26-17-7-5-6-8-18(17)30-36(3,33)34/h5-10,15,30H,4,11-14H2,1-3H3,(H2,25,26,27,29). The monoisotopic (exact) mass is 532 g/mol. The number of anilines is 6. The van der Waals surface area contributed by atoms with E-state index < -0.39 is 10.0 Å². The van der Waals surface area contributed by atoms with Gasteiger partial charge in [-0.15, -0.1) is 0 Å². The Bertz CT molecular complexity index is 1320. The highest BCUT2D eigenvalue weighted by atomic mass is 35.5. The van der Waals surface area contributed by atoms with Crippen LogP contribution in [0.1, 0.15) is 6.92 Å². The van der Waals surface area contributed by atoms with Gasteiger partial charge in [0.2, 0.25) is 21.9 Å². The number of methoxy groups -OCH3 is 1. The van der Waals surface area contributed by atoms with Gasteiger partial charge in [0.25, 0.3) is 0 Å². The number of hydrogen-bond acceptors (Lipinski definition) is 10. The number of likely N-dealkylation sites (N-methyl/N-ethyl adjacent to an activating group) is 1. The predicted molar refractivity (Wildman–Crippen MR) is 144 cm³/mol. The number of aromatic nitrogens is 3. The SMILES string of the molecule is CCN1CCN(c2ccc(Nc3ncc(Cl)c(Nc4ccccc4NS(C)(=O)=O)n3)c(OC)n2)CC1. The van der Waals surface area contributed by atoms with Crippen LogP contribution in [0.2, 0.25) is 5.02 Å². The molecular weight excluding hydrogens is 504 g/mol. The first-order valence-electron chi connectivity index (χ1n) is 11.4. The minimum absolute atomic E-state index is 0.264. The lowest BCUT2D eigenvalue weighted by Gasteiger charge is -2.34. The highest BCUT2D eigenvalue weighted by Crippen LogP contribution is 2.31. The van der Waals surface area contributed by atoms with E-state index in [1.165, 1.54) is 6.20 Å². The molecule has 3 N–H and O–H groups in total. The lowest BCUT2D eigenvalue weighted by molar-refractivity contribution is 0.270. The van der Waals surface area contributed by atoms with Gasteiger partial charge in [0.15, 0.2) is 5.82 Å². The maximum atomic E-state index is 11.7. The summed E-state index contributed by atoms with van der Waals surface area (Å²) in [4.78, 5) is 18.0. The van der Waals surface area contributed by atoms with Crippen LogP contribution in [0, 0.1) is 0 Å². The number of para-hydroxylation sites is 2. The van der Waals surface area contributed by atoms with Crippen LogP contribution in [0.4, 0.5) is 34.6 Å². The Morgan fingerprint density at radius 3 is 2.39 bits per heavy atom. The lowest BCUT2D eigenvalue weighted by Crippen LogP contribution is -2.46. The molecule has 1 aliphatic rings. The molecule has 11 nitrogen and oxygen atoms in total. The summed E-state index contributed by atoms with van der Waals surface area (Å²) in [5.74, 6) is 1.83. The molecule has 1 fully saturated rings. The van der Waals surface area contributed by atoms with Crippen molar-refractivity contribution >= 4 is 56.3 Å². The van der Waals surface area contributed by atoms with Crippen LogP contribution >= 0.6 is 11.6 Å². The Morgan fingerprint density at radius 1 is 1.00 bits per heavy atom. The van der Waals surface area contributed by atoms with E-state index in [2.05, 4.69) is 47.0 Å². The number of benzene rings is 1. The molecule has 0 aliphatic carbocycles. The summed E-state index contributed by atoms with van der Waals surface area (Å²) in [5.41, 5.74) is 1.45. The van der Waals surface area contributed by atoms with E-state index in [1.807, 2.05) is 12.1 Å². The predicted octanol–water partition coefficient (Wildman–Crippen LogP) is 3.53. The number of halogens is 1. The Kier molecular flexibility index (Phi) is 7.97. The van der Waals surface area contributed by atoms with Gasteiger partial charge in [0, 0.05) is 26.2 Å². The zero-order valence-corrected chi connectivity index (χ0v) is 21.9. The van der Waals surface area contributed by atoms with E-state index in [-0.39, 0.29) is 11.0 Å². The number of pyridine rings is 1. The number of piperazine rings is 1. The maximum Gasteiger partial charge on any atom is 0.239 e. The van der Waals surface area contributed by atoms with Crippen molar-refractivity contribution in [1.29, 1.82) is 0 Å². The third-order valence-corrected chi connectivity index (χ3v) is 6.52. The molecule has 0 saturated carbocycles. The molecule has 1 aliphatic heterocycles. The fourth-order valence-corrected chi connectivity index (χ4v) is 4.51. The zero-order chi connectivity index (χ0) is 25.7. The summed E-state index contributed by atoms with van der Waals surface area (Å²) >= 11 is 6.32. The first kappa shape index (κ1) is 25.7. The van der Waals surface area contributed by atoms with Gasteiger partial charge in [-0.05, 0) is 30.8 Å². The van der Waals surface area contributed by atoms with Gasteiger partial charge < -0.3 is 25.2 Å². The molecule has 192 valence electrons. The van der Waals surface area contributed by atoms with E-state index >= 15 is 0 Å². The maximum absolute atomic E-state index is 11.7. The Labute approximate surface area is 215 Å². The second kappa shape index (κ2) is 11.1. The molecular formula is C23H29ClN8O3S. The zero-order valence-electron chi connectivity index (χ0n) is 20.3. The smallest absolute Gasteiger partial charge is 0.239 e. The largest absolute Gasteiger partial charge is 0.479 e. The summed E-state index contributed by atoms with van der Waals surface area (Å²) in [7, 11) is -1.91. The third kappa shape index (κ3) is 6.45. The molecule has 2 aromatic heterocycles. The van der Waals surface area contributed by atoms with Gasteiger partial charge in [0.1, 0.15) is 16.5 Å². The fraction of sp³-hybridized carbons (Fsp3) is 0.348. The Balaban J connectivity index is 1.53. The van der Waals surface area contributed by atoms with Crippen molar-refractivity contribution in [3.8, 4) is 5.88 Å². The van der Waals surface area contributed by atoms with Crippen LogP contribution in [0.15, 0.2) is 42.6 Å². The number of ether oxygens (including phenoxy) is 1. The fourth-order valence-electron chi connectivity index (χ4n) is 3.79.